The van der Waals surface area contributed by atoms with Crippen molar-refractivity contribution in [3.63, 3.8) is 0 Å². The highest BCUT2D eigenvalue weighted by Gasteiger charge is 2.24. The van der Waals surface area contributed by atoms with Crippen LogP contribution in [0.4, 0.5) is 0 Å². The number of esters is 1. The van der Waals surface area contributed by atoms with E-state index in [4.69, 9.17) is 5.73 Å². The van der Waals surface area contributed by atoms with Gasteiger partial charge in [-0.25, -0.2) is 4.79 Å². The quantitative estimate of drug-likeness (QED) is 0.830. The van der Waals surface area contributed by atoms with Crippen LogP contribution >= 0.6 is 0 Å². The van der Waals surface area contributed by atoms with Gasteiger partial charge in [0.05, 0.1) is 12.6 Å². The normalized spacial score (nSPS) is 12.9. The number of aromatic nitrogens is 1. The molecule has 2 aromatic rings. The van der Waals surface area contributed by atoms with Crippen LogP contribution in [0.1, 0.15) is 31.6 Å². The number of ether oxygens (including phenoxy) is 1. The van der Waals surface area contributed by atoms with Gasteiger partial charge >= 0.3 is 5.97 Å². The average molecular weight is 262 g/mol. The fourth-order valence-electron chi connectivity index (χ4n) is 2.32. The summed E-state index contributed by atoms with van der Waals surface area (Å²) in [6, 6.07) is 6.27. The van der Waals surface area contributed by atoms with Crippen LogP contribution in [-0.4, -0.2) is 22.8 Å². The number of nitrogens with zero attached hydrogens (tertiary/aromatic N) is 1. The van der Waals surface area contributed by atoms with Gasteiger partial charge in [0, 0.05) is 17.1 Å². The van der Waals surface area contributed by atoms with Crippen LogP contribution in [0.3, 0.4) is 0 Å². The Morgan fingerprint density at radius 2 is 2.11 bits per heavy atom. The third-order valence-electron chi connectivity index (χ3n) is 3.18. The standard InChI is InChI=1S/C14H18N2O3/c1-8(2)16-10-5-4-6-12(17)9(10)7-11(16)13(15)14(18)19-3/h4-8,13,17H,15H2,1-3H3. The highest BCUT2D eigenvalue weighted by atomic mass is 16.5. The second-order valence-electron chi connectivity index (χ2n) is 4.74. The molecule has 19 heavy (non-hydrogen) atoms. The second kappa shape index (κ2) is 4.93. The summed E-state index contributed by atoms with van der Waals surface area (Å²) in [5.74, 6) is -0.320. The maximum Gasteiger partial charge on any atom is 0.328 e. The van der Waals surface area contributed by atoms with E-state index in [1.807, 2.05) is 24.5 Å². The minimum absolute atomic E-state index is 0.116. The summed E-state index contributed by atoms with van der Waals surface area (Å²) in [4.78, 5) is 11.6. The van der Waals surface area contributed by atoms with Gasteiger partial charge in [0.25, 0.3) is 0 Å². The third-order valence-corrected chi connectivity index (χ3v) is 3.18. The summed E-state index contributed by atoms with van der Waals surface area (Å²) in [6.45, 7) is 3.99. The first-order valence-corrected chi connectivity index (χ1v) is 6.13. The van der Waals surface area contributed by atoms with Crippen molar-refractivity contribution in [2.45, 2.75) is 25.9 Å². The molecule has 0 bridgehead atoms. The second-order valence-corrected chi connectivity index (χ2v) is 4.74. The van der Waals surface area contributed by atoms with Crippen molar-refractivity contribution in [1.29, 1.82) is 0 Å². The number of hydrogen-bond acceptors (Lipinski definition) is 4. The van der Waals surface area contributed by atoms with Crippen molar-refractivity contribution >= 4 is 16.9 Å². The molecule has 1 aromatic carbocycles. The number of carbonyl (C=O) groups is 1. The average Bonchev–Trinajstić information content (AvgIpc) is 2.77. The molecule has 0 spiro atoms. The summed E-state index contributed by atoms with van der Waals surface area (Å²) < 4.78 is 6.63. The molecule has 1 unspecified atom stereocenters. The molecule has 1 aromatic heterocycles. The minimum atomic E-state index is -0.862. The number of phenols is 1. The van der Waals surface area contributed by atoms with Crippen molar-refractivity contribution in [2.75, 3.05) is 7.11 Å². The number of carbonyl (C=O) groups excluding carboxylic acids is 1. The molecule has 5 nitrogen and oxygen atoms in total. The molecule has 1 heterocycles. The minimum Gasteiger partial charge on any atom is -0.507 e. The smallest absolute Gasteiger partial charge is 0.328 e. The van der Waals surface area contributed by atoms with Crippen molar-refractivity contribution in [1.82, 2.24) is 4.57 Å². The lowest BCUT2D eigenvalue weighted by molar-refractivity contribution is -0.142. The molecule has 2 rings (SSSR count). The zero-order valence-electron chi connectivity index (χ0n) is 11.3. The highest BCUT2D eigenvalue weighted by Crippen LogP contribution is 2.32. The number of fused-ring (bicyclic) bond motifs is 1. The molecule has 3 N–H and O–H groups in total. The van der Waals surface area contributed by atoms with E-state index < -0.39 is 12.0 Å². The highest BCUT2D eigenvalue weighted by molar-refractivity contribution is 5.89. The molecule has 0 radical (unpaired) electrons. The van der Waals surface area contributed by atoms with Crippen molar-refractivity contribution in [2.24, 2.45) is 5.73 Å². The van der Waals surface area contributed by atoms with E-state index in [2.05, 4.69) is 4.74 Å². The van der Waals surface area contributed by atoms with Crippen LogP contribution in [0.2, 0.25) is 0 Å². The summed E-state index contributed by atoms with van der Waals surface area (Å²) in [6.07, 6.45) is 0. The van der Waals surface area contributed by atoms with Crippen LogP contribution in [-0.2, 0) is 9.53 Å². The van der Waals surface area contributed by atoms with Gasteiger partial charge in [0.15, 0.2) is 0 Å². The summed E-state index contributed by atoms with van der Waals surface area (Å²) in [5.41, 5.74) is 7.41. The number of nitrogens with two attached hydrogens (primary N) is 1. The molecule has 102 valence electrons. The van der Waals surface area contributed by atoms with Gasteiger partial charge in [-0.1, -0.05) is 6.07 Å². The maximum absolute atomic E-state index is 11.6. The Hall–Kier alpha value is -2.01. The van der Waals surface area contributed by atoms with Crippen LogP contribution in [0.15, 0.2) is 24.3 Å². The summed E-state index contributed by atoms with van der Waals surface area (Å²) in [7, 11) is 1.31. The fraction of sp³-hybridized carbons (Fsp3) is 0.357. The Kier molecular flexibility index (Phi) is 3.48. The molecule has 0 saturated heterocycles. The van der Waals surface area contributed by atoms with E-state index in [-0.39, 0.29) is 11.8 Å². The van der Waals surface area contributed by atoms with Gasteiger partial charge in [0.2, 0.25) is 0 Å². The molecular formula is C14H18N2O3. The number of aromatic hydroxyl groups is 1. The van der Waals surface area contributed by atoms with E-state index in [0.717, 1.165) is 5.52 Å². The number of hydrogen-bond donors (Lipinski definition) is 2. The maximum atomic E-state index is 11.6. The Bertz CT molecular complexity index is 616. The molecule has 0 aliphatic rings. The molecule has 0 aliphatic heterocycles. The molecular weight excluding hydrogens is 244 g/mol. The molecule has 0 aliphatic carbocycles. The van der Waals surface area contributed by atoms with Crippen molar-refractivity contribution in [3.05, 3.63) is 30.0 Å². The lowest BCUT2D eigenvalue weighted by Crippen LogP contribution is -2.25. The Balaban J connectivity index is 2.70. The fourth-order valence-corrected chi connectivity index (χ4v) is 2.32. The number of methoxy groups -OCH3 is 1. The van der Waals surface area contributed by atoms with E-state index in [0.29, 0.717) is 11.1 Å². The third kappa shape index (κ3) is 2.17. The summed E-state index contributed by atoms with van der Waals surface area (Å²) in [5, 5.41) is 10.6. The Morgan fingerprint density at radius 3 is 2.68 bits per heavy atom. The van der Waals surface area contributed by atoms with Gasteiger partial charge in [0.1, 0.15) is 11.8 Å². The van der Waals surface area contributed by atoms with Crippen LogP contribution in [0, 0.1) is 0 Å². The van der Waals surface area contributed by atoms with E-state index >= 15 is 0 Å². The predicted octanol–water partition coefficient (Wildman–Crippen LogP) is 2.10. The van der Waals surface area contributed by atoms with Crippen LogP contribution < -0.4 is 5.73 Å². The van der Waals surface area contributed by atoms with E-state index in [1.54, 1.807) is 18.2 Å². The number of benzene rings is 1. The first-order valence-electron chi connectivity index (χ1n) is 6.13. The zero-order valence-corrected chi connectivity index (χ0v) is 11.3. The molecule has 0 amide bonds. The monoisotopic (exact) mass is 262 g/mol. The summed E-state index contributed by atoms with van der Waals surface area (Å²) >= 11 is 0. The van der Waals surface area contributed by atoms with Gasteiger partial charge in [-0.15, -0.1) is 0 Å². The van der Waals surface area contributed by atoms with Crippen LogP contribution in [0.5, 0.6) is 5.75 Å². The largest absolute Gasteiger partial charge is 0.507 e. The first kappa shape index (κ1) is 13.4. The number of rotatable bonds is 3. The molecule has 5 heteroatoms. The van der Waals surface area contributed by atoms with Gasteiger partial charge in [-0.2, -0.15) is 0 Å². The molecule has 0 saturated carbocycles. The van der Waals surface area contributed by atoms with Gasteiger partial charge in [-0.05, 0) is 32.0 Å². The van der Waals surface area contributed by atoms with Gasteiger partial charge < -0.3 is 20.1 Å². The van der Waals surface area contributed by atoms with Gasteiger partial charge in [-0.3, -0.25) is 0 Å². The SMILES string of the molecule is COC(=O)C(N)c1cc2c(O)cccc2n1C(C)C. The lowest BCUT2D eigenvalue weighted by atomic mass is 10.2. The van der Waals surface area contributed by atoms with Crippen molar-refractivity contribution < 1.29 is 14.6 Å². The topological polar surface area (TPSA) is 77.5 Å². The first-order chi connectivity index (χ1) is 8.97. The van der Waals surface area contributed by atoms with Crippen molar-refractivity contribution in [3.8, 4) is 5.75 Å². The Morgan fingerprint density at radius 1 is 1.42 bits per heavy atom. The van der Waals surface area contributed by atoms with E-state index in [9.17, 15) is 9.90 Å². The van der Waals surface area contributed by atoms with Crippen LogP contribution in [0.25, 0.3) is 10.9 Å². The van der Waals surface area contributed by atoms with E-state index in [1.165, 1.54) is 7.11 Å². The zero-order chi connectivity index (χ0) is 14.2. The Labute approximate surface area is 111 Å². The number of phenolic OH excluding ortho intramolecular Hbond substituents is 1. The predicted molar refractivity (Wildman–Crippen MR) is 72.9 cm³/mol. The molecule has 1 atom stereocenters. The lowest BCUT2D eigenvalue weighted by Gasteiger charge is -2.17. The molecule has 0 fully saturated rings.